The molecule has 1 aromatic rings. The van der Waals surface area contributed by atoms with E-state index in [4.69, 9.17) is 39.5 Å². The van der Waals surface area contributed by atoms with Crippen LogP contribution < -0.4 is 5.32 Å². The zero-order chi connectivity index (χ0) is 19.7. The van der Waals surface area contributed by atoms with Crippen LogP contribution in [-0.4, -0.2) is 46.2 Å². The van der Waals surface area contributed by atoms with E-state index < -0.39 is 33.0 Å². The summed E-state index contributed by atoms with van der Waals surface area (Å²) in [6.07, 6.45) is 0. The van der Waals surface area contributed by atoms with Crippen LogP contribution in [0.25, 0.3) is 0 Å². The second kappa shape index (κ2) is 7.62. The molecular weight excluding hydrogens is 403 g/mol. The summed E-state index contributed by atoms with van der Waals surface area (Å²) >= 11 is 16.8. The highest BCUT2D eigenvalue weighted by molar-refractivity contribution is 6.76. The van der Waals surface area contributed by atoms with Crippen molar-refractivity contribution in [2.45, 2.75) is 29.7 Å². The zero-order valence-electron chi connectivity index (χ0n) is 14.5. The maximum Gasteiger partial charge on any atom is 0.315 e. The number of esters is 1. The Morgan fingerprint density at radius 3 is 2.38 bits per heavy atom. The van der Waals surface area contributed by atoms with Crippen LogP contribution in [0.2, 0.25) is 0 Å². The van der Waals surface area contributed by atoms with Crippen molar-refractivity contribution in [1.29, 1.82) is 0 Å². The normalized spacial score (nSPS) is 24.3. The lowest BCUT2D eigenvalue weighted by molar-refractivity contribution is -0.153. The van der Waals surface area contributed by atoms with Crippen LogP contribution in [0.3, 0.4) is 0 Å². The number of nitrogens with zero attached hydrogens (tertiary/aromatic N) is 1. The van der Waals surface area contributed by atoms with Gasteiger partial charge >= 0.3 is 5.97 Å². The van der Waals surface area contributed by atoms with Crippen molar-refractivity contribution in [1.82, 2.24) is 10.2 Å². The first kappa shape index (κ1) is 20.8. The average molecular weight is 422 g/mol. The number of carbonyl (C=O) groups excluding carboxylic acids is 3. The number of benzene rings is 1. The number of halogens is 3. The number of likely N-dealkylation sites (tertiary alicyclic amines) is 1. The lowest BCUT2D eigenvalue weighted by Gasteiger charge is -2.28. The fourth-order valence-corrected chi connectivity index (χ4v) is 3.21. The van der Waals surface area contributed by atoms with Crippen LogP contribution in [0.5, 0.6) is 0 Å². The summed E-state index contributed by atoms with van der Waals surface area (Å²) in [7, 11) is 1.22. The molecule has 0 spiro atoms. The van der Waals surface area contributed by atoms with Gasteiger partial charge in [0.1, 0.15) is 11.5 Å². The molecule has 1 fully saturated rings. The third-order valence-corrected chi connectivity index (χ3v) is 5.11. The van der Waals surface area contributed by atoms with E-state index in [1.165, 1.54) is 18.9 Å². The van der Waals surface area contributed by atoms with Crippen LogP contribution in [0.4, 0.5) is 0 Å². The summed E-state index contributed by atoms with van der Waals surface area (Å²) in [6.45, 7) is 3.43. The molecule has 1 aliphatic rings. The minimum absolute atomic E-state index is 0.0549. The molecule has 9 heteroatoms. The third kappa shape index (κ3) is 3.92. The molecule has 0 saturated carbocycles. The molecule has 2 amide bonds. The van der Waals surface area contributed by atoms with Crippen molar-refractivity contribution in [2.24, 2.45) is 5.41 Å². The molecule has 26 heavy (non-hydrogen) atoms. The maximum absolute atomic E-state index is 13.0. The van der Waals surface area contributed by atoms with Crippen LogP contribution in [0.15, 0.2) is 30.3 Å². The monoisotopic (exact) mass is 420 g/mol. The molecule has 0 unspecified atom stereocenters. The predicted molar refractivity (Wildman–Crippen MR) is 98.9 cm³/mol. The second-order valence-corrected chi connectivity index (χ2v) is 8.65. The van der Waals surface area contributed by atoms with Crippen molar-refractivity contribution in [2.75, 3.05) is 13.7 Å². The van der Waals surface area contributed by atoms with Gasteiger partial charge in [0.25, 0.3) is 9.70 Å². The first-order valence-corrected chi connectivity index (χ1v) is 8.97. The molecule has 2 rings (SSSR count). The Morgan fingerprint density at radius 1 is 1.31 bits per heavy atom. The molecular formula is C17H19Cl3N2O4. The maximum atomic E-state index is 13.0. The fraction of sp³-hybridized carbons (Fsp3) is 0.471. The SMILES string of the molecule is COC(=O)[C@]1(C)CN([C@@H](C)c2ccccc2)C(=O)[C@H]1NC(=O)C(Cl)(Cl)Cl. The number of nitrogens with one attached hydrogen (secondary N) is 1. The molecule has 6 nitrogen and oxygen atoms in total. The van der Waals surface area contributed by atoms with Crippen LogP contribution >= 0.6 is 34.8 Å². The van der Waals surface area contributed by atoms with Gasteiger partial charge in [0.15, 0.2) is 0 Å². The number of carbonyl (C=O) groups is 3. The molecule has 0 aliphatic carbocycles. The predicted octanol–water partition coefficient (Wildman–Crippen LogP) is 2.62. The summed E-state index contributed by atoms with van der Waals surface area (Å²) in [5, 5.41) is 2.38. The second-order valence-electron chi connectivity index (χ2n) is 6.37. The molecule has 142 valence electrons. The number of hydrogen-bond donors (Lipinski definition) is 1. The van der Waals surface area contributed by atoms with Gasteiger partial charge in [0.2, 0.25) is 5.91 Å². The Balaban J connectivity index is 2.37. The number of hydrogen-bond acceptors (Lipinski definition) is 4. The van der Waals surface area contributed by atoms with Crippen LogP contribution in [0.1, 0.15) is 25.5 Å². The third-order valence-electron chi connectivity index (χ3n) is 4.60. The number of ether oxygens (including phenoxy) is 1. The number of amides is 2. The van der Waals surface area contributed by atoms with Gasteiger partial charge < -0.3 is 15.0 Å². The number of rotatable bonds is 4. The summed E-state index contributed by atoms with van der Waals surface area (Å²) in [5.74, 6) is -2.06. The molecule has 0 aromatic heterocycles. The lowest BCUT2D eigenvalue weighted by atomic mass is 9.85. The van der Waals surface area contributed by atoms with Gasteiger partial charge in [-0.15, -0.1) is 0 Å². The van der Waals surface area contributed by atoms with Crippen molar-refractivity contribution < 1.29 is 19.1 Å². The fourth-order valence-electron chi connectivity index (χ4n) is 3.05. The summed E-state index contributed by atoms with van der Waals surface area (Å²) in [5.41, 5.74) is -0.429. The van der Waals surface area contributed by atoms with E-state index in [1.54, 1.807) is 0 Å². The zero-order valence-corrected chi connectivity index (χ0v) is 16.7. The minimum Gasteiger partial charge on any atom is -0.468 e. The van der Waals surface area contributed by atoms with Gasteiger partial charge in [-0.05, 0) is 19.4 Å². The Kier molecular flexibility index (Phi) is 6.10. The van der Waals surface area contributed by atoms with E-state index in [-0.39, 0.29) is 12.6 Å². The largest absolute Gasteiger partial charge is 0.468 e. The number of methoxy groups -OCH3 is 1. The van der Waals surface area contributed by atoms with E-state index in [1.807, 2.05) is 37.3 Å². The van der Waals surface area contributed by atoms with Gasteiger partial charge in [-0.3, -0.25) is 14.4 Å². The van der Waals surface area contributed by atoms with Crippen LogP contribution in [0, 0.1) is 5.41 Å². The Bertz CT molecular complexity index is 708. The van der Waals surface area contributed by atoms with Gasteiger partial charge in [-0.25, -0.2) is 0 Å². The quantitative estimate of drug-likeness (QED) is 0.599. The first-order valence-electron chi connectivity index (χ1n) is 7.84. The van der Waals surface area contributed by atoms with E-state index in [0.29, 0.717) is 0 Å². The van der Waals surface area contributed by atoms with Crippen molar-refractivity contribution >= 4 is 52.6 Å². The van der Waals surface area contributed by atoms with E-state index in [2.05, 4.69) is 5.32 Å². The average Bonchev–Trinajstić information content (AvgIpc) is 2.86. The van der Waals surface area contributed by atoms with E-state index in [9.17, 15) is 14.4 Å². The Labute approximate surface area is 166 Å². The van der Waals surface area contributed by atoms with Crippen molar-refractivity contribution in [3.8, 4) is 0 Å². The Morgan fingerprint density at radius 2 is 1.88 bits per heavy atom. The smallest absolute Gasteiger partial charge is 0.315 e. The number of alkyl halides is 3. The topological polar surface area (TPSA) is 75.7 Å². The highest BCUT2D eigenvalue weighted by Crippen LogP contribution is 2.38. The van der Waals surface area contributed by atoms with Crippen molar-refractivity contribution in [3.63, 3.8) is 0 Å². The van der Waals surface area contributed by atoms with E-state index >= 15 is 0 Å². The summed E-state index contributed by atoms with van der Waals surface area (Å²) in [6, 6.07) is 7.81. The van der Waals surface area contributed by atoms with Crippen molar-refractivity contribution in [3.05, 3.63) is 35.9 Å². The molecule has 3 atom stereocenters. The molecule has 1 aliphatic heterocycles. The molecule has 0 radical (unpaired) electrons. The van der Waals surface area contributed by atoms with Gasteiger partial charge in [-0.1, -0.05) is 65.1 Å². The molecule has 1 saturated heterocycles. The molecule has 0 bridgehead atoms. The van der Waals surface area contributed by atoms with E-state index in [0.717, 1.165) is 5.56 Å². The van der Waals surface area contributed by atoms with Gasteiger partial charge in [0, 0.05) is 6.54 Å². The Hall–Kier alpha value is -1.50. The lowest BCUT2D eigenvalue weighted by Crippen LogP contribution is -2.54. The van der Waals surface area contributed by atoms with Gasteiger partial charge in [0.05, 0.1) is 13.2 Å². The summed E-state index contributed by atoms with van der Waals surface area (Å²) in [4.78, 5) is 39.0. The van der Waals surface area contributed by atoms with Crippen LogP contribution in [-0.2, 0) is 19.1 Å². The molecule has 1 aromatic carbocycles. The first-order chi connectivity index (χ1) is 12.0. The molecule has 1 heterocycles. The van der Waals surface area contributed by atoms with Gasteiger partial charge in [-0.2, -0.15) is 0 Å². The highest BCUT2D eigenvalue weighted by Gasteiger charge is 2.57. The standard InChI is InChI=1S/C17H19Cl3N2O4/c1-10(11-7-5-4-6-8-11)22-9-16(2,15(25)26-3)12(13(22)23)21-14(24)17(18,19)20/h4-8,10,12H,9H2,1-3H3,(H,21,24)/t10-,12+,16+/m0/s1. The highest BCUT2D eigenvalue weighted by atomic mass is 35.6. The summed E-state index contributed by atoms with van der Waals surface area (Å²) < 4.78 is 2.59. The molecule has 1 N–H and O–H groups in total. The minimum atomic E-state index is -2.25.